The zero-order valence-corrected chi connectivity index (χ0v) is 8.85. The molecule has 1 aliphatic heterocycles. The molecule has 1 atom stereocenters. The highest BCUT2D eigenvalue weighted by Crippen LogP contribution is 2.23. The highest BCUT2D eigenvalue weighted by atomic mass is 32.2. The molecule has 14 heavy (non-hydrogen) atoms. The van der Waals surface area contributed by atoms with E-state index in [0.29, 0.717) is 12.8 Å². The molecule has 0 aromatic carbocycles. The number of carbonyl (C=O) groups excluding carboxylic acids is 1. The Morgan fingerprint density at radius 2 is 1.86 bits per heavy atom. The van der Waals surface area contributed by atoms with Gasteiger partial charge < -0.3 is 5.32 Å². The van der Waals surface area contributed by atoms with Crippen LogP contribution in [-0.2, 0) is 14.6 Å². The van der Waals surface area contributed by atoms with Gasteiger partial charge >= 0.3 is 0 Å². The second kappa shape index (κ2) is 3.53. The van der Waals surface area contributed by atoms with Gasteiger partial charge in [0.25, 0.3) is 0 Å². The van der Waals surface area contributed by atoms with Gasteiger partial charge in [-0.15, -0.1) is 0 Å². The Hall–Kier alpha value is -0.580. The number of nitrogens with one attached hydrogen (secondary N) is 1. The maximum atomic E-state index is 11.6. The van der Waals surface area contributed by atoms with Gasteiger partial charge in [0, 0.05) is 6.04 Å². The molecule has 0 bridgehead atoms. The van der Waals surface area contributed by atoms with Crippen molar-refractivity contribution in [2.45, 2.75) is 43.4 Å². The molecular weight excluding hydrogens is 202 g/mol. The van der Waals surface area contributed by atoms with Crippen LogP contribution in [0.2, 0.25) is 0 Å². The van der Waals surface area contributed by atoms with Crippen molar-refractivity contribution >= 4 is 15.7 Å². The Morgan fingerprint density at radius 3 is 2.43 bits per heavy atom. The first-order chi connectivity index (χ1) is 6.59. The molecule has 0 aromatic rings. The molecule has 2 fully saturated rings. The average Bonchev–Trinajstić information content (AvgIpc) is 2.87. The molecule has 0 spiro atoms. The third-order valence-electron chi connectivity index (χ3n) is 2.79. The fourth-order valence-corrected chi connectivity index (χ4v) is 3.58. The lowest BCUT2D eigenvalue weighted by Gasteiger charge is -2.21. The van der Waals surface area contributed by atoms with E-state index in [1.165, 1.54) is 0 Å². The van der Waals surface area contributed by atoms with E-state index in [1.807, 2.05) is 0 Å². The number of rotatable bonds is 2. The molecule has 2 rings (SSSR count). The van der Waals surface area contributed by atoms with E-state index in [9.17, 15) is 13.2 Å². The van der Waals surface area contributed by atoms with Crippen molar-refractivity contribution in [1.82, 2.24) is 5.32 Å². The number of hydrogen-bond acceptors (Lipinski definition) is 3. The van der Waals surface area contributed by atoms with E-state index in [-0.39, 0.29) is 17.7 Å². The summed E-state index contributed by atoms with van der Waals surface area (Å²) in [6.07, 6.45) is 4.05. The minimum absolute atomic E-state index is 0.176. The van der Waals surface area contributed by atoms with Gasteiger partial charge in [0.15, 0.2) is 9.84 Å². The van der Waals surface area contributed by atoms with E-state index in [2.05, 4.69) is 5.32 Å². The van der Waals surface area contributed by atoms with Gasteiger partial charge in [0.1, 0.15) is 5.25 Å². The second-order valence-electron chi connectivity index (χ2n) is 4.13. The zero-order valence-electron chi connectivity index (χ0n) is 8.03. The maximum absolute atomic E-state index is 11.6. The van der Waals surface area contributed by atoms with Crippen molar-refractivity contribution in [2.24, 2.45) is 0 Å². The van der Waals surface area contributed by atoms with Crippen molar-refractivity contribution in [3.05, 3.63) is 0 Å². The smallest absolute Gasteiger partial charge is 0.238 e. The SMILES string of the molecule is O=C(NC1CC1)C1CCCCS1(=O)=O. The van der Waals surface area contributed by atoms with Crippen molar-refractivity contribution in [3.63, 3.8) is 0 Å². The maximum Gasteiger partial charge on any atom is 0.238 e. The van der Waals surface area contributed by atoms with E-state index < -0.39 is 15.1 Å². The van der Waals surface area contributed by atoms with Gasteiger partial charge in [-0.05, 0) is 25.7 Å². The van der Waals surface area contributed by atoms with Crippen LogP contribution in [-0.4, -0.2) is 31.4 Å². The Kier molecular flexibility index (Phi) is 2.51. The monoisotopic (exact) mass is 217 g/mol. The largest absolute Gasteiger partial charge is 0.352 e. The van der Waals surface area contributed by atoms with Gasteiger partial charge in [-0.3, -0.25) is 4.79 Å². The number of sulfone groups is 1. The second-order valence-corrected chi connectivity index (χ2v) is 6.44. The van der Waals surface area contributed by atoms with Gasteiger partial charge in [-0.2, -0.15) is 0 Å². The van der Waals surface area contributed by atoms with Gasteiger partial charge in [-0.1, -0.05) is 6.42 Å². The molecule has 1 saturated heterocycles. The molecule has 80 valence electrons. The van der Waals surface area contributed by atoms with Gasteiger partial charge in [0.05, 0.1) is 5.75 Å². The van der Waals surface area contributed by atoms with E-state index >= 15 is 0 Å². The molecule has 1 unspecified atom stereocenters. The predicted molar refractivity (Wildman–Crippen MR) is 52.6 cm³/mol. The lowest BCUT2D eigenvalue weighted by molar-refractivity contribution is -0.121. The van der Waals surface area contributed by atoms with Crippen LogP contribution in [0.15, 0.2) is 0 Å². The van der Waals surface area contributed by atoms with Gasteiger partial charge in [-0.25, -0.2) is 8.42 Å². The fourth-order valence-electron chi connectivity index (χ4n) is 1.77. The van der Waals surface area contributed by atoms with Crippen LogP contribution in [0, 0.1) is 0 Å². The molecule has 1 saturated carbocycles. The van der Waals surface area contributed by atoms with Crippen LogP contribution < -0.4 is 5.32 Å². The molecule has 1 amide bonds. The molecule has 0 radical (unpaired) electrons. The normalized spacial score (nSPS) is 31.0. The summed E-state index contributed by atoms with van der Waals surface area (Å²) in [6, 6.07) is 0.250. The van der Waals surface area contributed by atoms with E-state index in [0.717, 1.165) is 19.3 Å². The average molecular weight is 217 g/mol. The summed E-state index contributed by atoms with van der Waals surface area (Å²) in [7, 11) is -3.15. The molecule has 0 aromatic heterocycles. The quantitative estimate of drug-likeness (QED) is 0.720. The fraction of sp³-hybridized carbons (Fsp3) is 0.889. The third kappa shape index (κ3) is 2.08. The van der Waals surface area contributed by atoms with E-state index in [1.54, 1.807) is 0 Å². The number of hydrogen-bond donors (Lipinski definition) is 1. The minimum atomic E-state index is -3.15. The lowest BCUT2D eigenvalue weighted by Crippen LogP contribution is -2.43. The topological polar surface area (TPSA) is 63.2 Å². The van der Waals surface area contributed by atoms with Crippen LogP contribution in [0.25, 0.3) is 0 Å². The van der Waals surface area contributed by atoms with Crippen LogP contribution in [0.4, 0.5) is 0 Å². The highest BCUT2D eigenvalue weighted by Gasteiger charge is 2.36. The summed E-state index contributed by atoms with van der Waals surface area (Å²) < 4.78 is 23.1. The standard InChI is InChI=1S/C9H15NO3S/c11-9(10-7-4-5-7)8-3-1-2-6-14(8,12)13/h7-8H,1-6H2,(H,10,11). The Morgan fingerprint density at radius 1 is 1.14 bits per heavy atom. The summed E-state index contributed by atoms with van der Waals surface area (Å²) in [5.74, 6) is -0.0948. The van der Waals surface area contributed by atoms with Crippen molar-refractivity contribution in [3.8, 4) is 0 Å². The Labute approximate surface area is 84.0 Å². The summed E-state index contributed by atoms with van der Waals surface area (Å²) in [4.78, 5) is 11.6. The van der Waals surface area contributed by atoms with Crippen LogP contribution in [0.1, 0.15) is 32.1 Å². The van der Waals surface area contributed by atoms with Crippen LogP contribution >= 0.6 is 0 Å². The van der Waals surface area contributed by atoms with Gasteiger partial charge in [0.2, 0.25) is 5.91 Å². The molecule has 1 N–H and O–H groups in total. The highest BCUT2D eigenvalue weighted by molar-refractivity contribution is 7.92. The zero-order chi connectivity index (χ0) is 10.2. The van der Waals surface area contributed by atoms with Crippen molar-refractivity contribution in [1.29, 1.82) is 0 Å². The molecule has 1 aliphatic carbocycles. The Balaban J connectivity index is 2.02. The summed E-state index contributed by atoms with van der Waals surface area (Å²) in [5, 5.41) is 1.99. The third-order valence-corrected chi connectivity index (χ3v) is 4.97. The summed E-state index contributed by atoms with van der Waals surface area (Å²) >= 11 is 0. The summed E-state index contributed by atoms with van der Waals surface area (Å²) in [5.41, 5.74) is 0. The van der Waals surface area contributed by atoms with Crippen molar-refractivity contribution < 1.29 is 13.2 Å². The molecule has 2 aliphatic rings. The summed E-state index contributed by atoms with van der Waals surface area (Å²) in [6.45, 7) is 0. The first-order valence-electron chi connectivity index (χ1n) is 5.11. The van der Waals surface area contributed by atoms with Crippen LogP contribution in [0.3, 0.4) is 0 Å². The predicted octanol–water partition coefficient (Wildman–Crippen LogP) is 0.232. The van der Waals surface area contributed by atoms with Crippen LogP contribution in [0.5, 0.6) is 0 Å². The minimum Gasteiger partial charge on any atom is -0.352 e. The lowest BCUT2D eigenvalue weighted by atomic mass is 10.2. The number of carbonyl (C=O) groups is 1. The first kappa shape index (κ1) is 9.96. The number of amides is 1. The molecular formula is C9H15NO3S. The molecule has 1 heterocycles. The molecule has 4 nitrogen and oxygen atoms in total. The Bertz CT molecular complexity index is 332. The first-order valence-corrected chi connectivity index (χ1v) is 6.83. The van der Waals surface area contributed by atoms with E-state index in [4.69, 9.17) is 0 Å². The van der Waals surface area contributed by atoms with Crippen molar-refractivity contribution in [2.75, 3.05) is 5.75 Å². The molecule has 5 heteroatoms.